The minimum atomic E-state index is -0.204. The number of Topliss-reactive ketones (excluding diaryl/α,β-unsaturated/α-hetero) is 1. The van der Waals surface area contributed by atoms with Crippen LogP contribution in [0.1, 0.15) is 40.5 Å². The summed E-state index contributed by atoms with van der Waals surface area (Å²) in [6, 6.07) is 0. The molecular weight excluding hydrogens is 160 g/mol. The van der Waals surface area contributed by atoms with Crippen LogP contribution >= 0.6 is 0 Å². The maximum atomic E-state index is 11.8. The average Bonchev–Trinajstić information content (AvgIpc) is 2.02. The van der Waals surface area contributed by atoms with E-state index in [9.17, 15) is 4.79 Å². The van der Waals surface area contributed by atoms with E-state index < -0.39 is 0 Å². The predicted octanol–water partition coefficient (Wildman–Crippen LogP) is 3.20. The molecule has 0 N–H and O–H groups in total. The molecule has 0 heterocycles. The molecule has 0 aliphatic heterocycles. The van der Waals surface area contributed by atoms with E-state index in [1.54, 1.807) is 0 Å². The summed E-state index contributed by atoms with van der Waals surface area (Å²) in [5.41, 5.74) is -0.159. The molecule has 0 aromatic carbocycles. The number of ketones is 1. The number of allylic oxidation sites excluding steroid dienone is 1. The maximum absolute atomic E-state index is 11.8. The monoisotopic (exact) mass is 180 g/mol. The number of hydrogen-bond donors (Lipinski definition) is 0. The first-order valence-corrected chi connectivity index (χ1v) is 5.00. The van der Waals surface area contributed by atoms with Crippen molar-refractivity contribution < 1.29 is 4.79 Å². The largest absolute Gasteiger partial charge is 0.299 e. The number of carbonyl (C=O) groups is 1. The molecule has 0 amide bonds. The van der Waals surface area contributed by atoms with Crippen LogP contribution in [0.4, 0.5) is 0 Å². The zero-order chi connectivity index (χ0) is 10.3. The Bertz CT molecular complexity index is 236. The van der Waals surface area contributed by atoms with E-state index in [0.29, 0.717) is 18.1 Å². The fraction of sp³-hybridized carbons (Fsp3) is 0.750. The van der Waals surface area contributed by atoms with Crippen LogP contribution in [0.25, 0.3) is 0 Å². The summed E-state index contributed by atoms with van der Waals surface area (Å²) in [5.74, 6) is 0.871. The number of hydrogen-bond acceptors (Lipinski definition) is 1. The van der Waals surface area contributed by atoms with Crippen molar-refractivity contribution in [3.8, 4) is 0 Å². The predicted molar refractivity (Wildman–Crippen MR) is 55.5 cm³/mol. The van der Waals surface area contributed by atoms with E-state index >= 15 is 0 Å². The number of carbonyl (C=O) groups excluding carboxylic acids is 1. The Labute approximate surface area is 81.2 Å². The standard InChI is InChI=1S/C12H20O/c1-6-9-7-8-10(13)12(4,5)11(9,2)3/h6,9H,1,7-8H2,2-5H3. The zero-order valence-electron chi connectivity index (χ0n) is 9.18. The highest BCUT2D eigenvalue weighted by atomic mass is 16.1. The van der Waals surface area contributed by atoms with Gasteiger partial charge in [0.25, 0.3) is 0 Å². The van der Waals surface area contributed by atoms with Crippen molar-refractivity contribution in [1.82, 2.24) is 0 Å². The molecule has 1 fully saturated rings. The second-order valence-electron chi connectivity index (χ2n) is 5.15. The molecule has 0 saturated heterocycles. The smallest absolute Gasteiger partial charge is 0.139 e. The van der Waals surface area contributed by atoms with E-state index in [2.05, 4.69) is 34.3 Å². The van der Waals surface area contributed by atoms with Gasteiger partial charge in [-0.3, -0.25) is 4.79 Å². The van der Waals surface area contributed by atoms with Gasteiger partial charge in [-0.1, -0.05) is 33.8 Å². The molecule has 0 spiro atoms. The Morgan fingerprint density at radius 3 is 2.38 bits per heavy atom. The Balaban J connectivity index is 3.05. The molecule has 1 nitrogen and oxygen atoms in total. The lowest BCUT2D eigenvalue weighted by Gasteiger charge is -2.48. The third-order valence-electron chi connectivity index (χ3n) is 4.20. The average molecular weight is 180 g/mol. The van der Waals surface area contributed by atoms with Crippen molar-refractivity contribution in [1.29, 1.82) is 0 Å². The normalized spacial score (nSPS) is 31.4. The molecular formula is C12H20O. The highest BCUT2D eigenvalue weighted by Gasteiger charge is 2.49. The molecule has 1 unspecified atom stereocenters. The van der Waals surface area contributed by atoms with Gasteiger partial charge >= 0.3 is 0 Å². The van der Waals surface area contributed by atoms with E-state index in [-0.39, 0.29) is 10.8 Å². The summed E-state index contributed by atoms with van der Waals surface area (Å²) >= 11 is 0. The van der Waals surface area contributed by atoms with Gasteiger partial charge in [-0.2, -0.15) is 0 Å². The minimum absolute atomic E-state index is 0.0457. The van der Waals surface area contributed by atoms with E-state index in [1.165, 1.54) is 0 Å². The van der Waals surface area contributed by atoms with Gasteiger partial charge in [-0.05, 0) is 17.8 Å². The molecule has 1 aliphatic carbocycles. The van der Waals surface area contributed by atoms with Crippen LogP contribution in [0.5, 0.6) is 0 Å². The highest BCUT2D eigenvalue weighted by Crippen LogP contribution is 2.51. The van der Waals surface area contributed by atoms with Crippen molar-refractivity contribution in [2.45, 2.75) is 40.5 Å². The van der Waals surface area contributed by atoms with Gasteiger partial charge in [0.2, 0.25) is 0 Å². The van der Waals surface area contributed by atoms with Gasteiger partial charge in [-0.25, -0.2) is 0 Å². The van der Waals surface area contributed by atoms with Gasteiger partial charge in [0.1, 0.15) is 5.78 Å². The summed E-state index contributed by atoms with van der Waals surface area (Å²) in [7, 11) is 0. The third-order valence-corrected chi connectivity index (χ3v) is 4.20. The summed E-state index contributed by atoms with van der Waals surface area (Å²) < 4.78 is 0. The Morgan fingerprint density at radius 2 is 1.92 bits per heavy atom. The molecule has 1 heteroatoms. The van der Waals surface area contributed by atoms with Crippen LogP contribution in [0.3, 0.4) is 0 Å². The molecule has 0 aromatic rings. The van der Waals surface area contributed by atoms with Crippen LogP contribution in [0.15, 0.2) is 12.7 Å². The number of rotatable bonds is 1. The van der Waals surface area contributed by atoms with Gasteiger partial charge in [0, 0.05) is 11.8 Å². The van der Waals surface area contributed by atoms with Crippen molar-refractivity contribution in [3.63, 3.8) is 0 Å². The second kappa shape index (κ2) is 2.97. The minimum Gasteiger partial charge on any atom is -0.299 e. The van der Waals surface area contributed by atoms with Gasteiger partial charge < -0.3 is 0 Å². The molecule has 13 heavy (non-hydrogen) atoms. The SMILES string of the molecule is C=CC1CCC(=O)C(C)(C)C1(C)C. The first-order chi connectivity index (χ1) is 5.84. The molecule has 1 atom stereocenters. The second-order valence-corrected chi connectivity index (χ2v) is 5.15. The van der Waals surface area contributed by atoms with Crippen LogP contribution in [-0.2, 0) is 4.79 Å². The topological polar surface area (TPSA) is 17.1 Å². The quantitative estimate of drug-likeness (QED) is 0.566. The summed E-state index contributed by atoms with van der Waals surface area (Å²) in [6.45, 7) is 12.3. The molecule has 1 saturated carbocycles. The lowest BCUT2D eigenvalue weighted by Crippen LogP contribution is -2.47. The summed E-state index contributed by atoms with van der Waals surface area (Å²) in [4.78, 5) is 11.8. The van der Waals surface area contributed by atoms with Crippen LogP contribution in [0.2, 0.25) is 0 Å². The molecule has 1 aliphatic rings. The summed E-state index contributed by atoms with van der Waals surface area (Å²) in [5, 5.41) is 0. The first kappa shape index (κ1) is 10.5. The Morgan fingerprint density at radius 1 is 1.38 bits per heavy atom. The fourth-order valence-electron chi connectivity index (χ4n) is 2.20. The highest BCUT2D eigenvalue weighted by molar-refractivity contribution is 5.85. The van der Waals surface area contributed by atoms with Gasteiger partial charge in [0.15, 0.2) is 0 Å². The van der Waals surface area contributed by atoms with E-state index in [1.807, 2.05) is 6.08 Å². The summed E-state index contributed by atoms with van der Waals surface area (Å²) in [6.07, 6.45) is 3.69. The van der Waals surface area contributed by atoms with Crippen molar-refractivity contribution in [2.24, 2.45) is 16.7 Å². The van der Waals surface area contributed by atoms with Crippen LogP contribution < -0.4 is 0 Å². The molecule has 74 valence electrons. The molecule has 1 rings (SSSR count). The Hall–Kier alpha value is -0.590. The zero-order valence-corrected chi connectivity index (χ0v) is 9.18. The lowest BCUT2D eigenvalue weighted by atomic mass is 9.54. The van der Waals surface area contributed by atoms with Crippen LogP contribution in [-0.4, -0.2) is 5.78 Å². The van der Waals surface area contributed by atoms with Crippen LogP contribution in [0, 0.1) is 16.7 Å². The molecule has 0 radical (unpaired) electrons. The van der Waals surface area contributed by atoms with Crippen molar-refractivity contribution >= 4 is 5.78 Å². The van der Waals surface area contributed by atoms with Crippen molar-refractivity contribution in [2.75, 3.05) is 0 Å². The van der Waals surface area contributed by atoms with Crippen molar-refractivity contribution in [3.05, 3.63) is 12.7 Å². The van der Waals surface area contributed by atoms with E-state index in [0.717, 1.165) is 6.42 Å². The first-order valence-electron chi connectivity index (χ1n) is 5.00. The third kappa shape index (κ3) is 1.34. The van der Waals surface area contributed by atoms with Gasteiger partial charge in [0.05, 0.1) is 0 Å². The molecule has 0 bridgehead atoms. The fourth-order valence-corrected chi connectivity index (χ4v) is 2.20. The maximum Gasteiger partial charge on any atom is 0.139 e. The van der Waals surface area contributed by atoms with Gasteiger partial charge in [-0.15, -0.1) is 6.58 Å². The molecule has 0 aromatic heterocycles. The Kier molecular flexibility index (Phi) is 2.40. The lowest BCUT2D eigenvalue weighted by molar-refractivity contribution is -0.140. The van der Waals surface area contributed by atoms with E-state index in [4.69, 9.17) is 0 Å².